The minimum absolute atomic E-state index is 0.00907. The summed E-state index contributed by atoms with van der Waals surface area (Å²) in [5, 5.41) is 6.69. The molecular weight excluding hydrogens is 309 g/mol. The second kappa shape index (κ2) is 6.54. The third kappa shape index (κ3) is 3.27. The van der Waals surface area contributed by atoms with Crippen LogP contribution in [-0.4, -0.2) is 15.7 Å². The molecule has 6 heteroatoms. The molecular formula is C18H16FN3O2. The Morgan fingerprint density at radius 3 is 2.58 bits per heavy atom. The highest BCUT2D eigenvalue weighted by Gasteiger charge is 2.17. The van der Waals surface area contributed by atoms with Gasteiger partial charge < -0.3 is 10.1 Å². The lowest BCUT2D eigenvalue weighted by Gasteiger charge is -2.13. The molecule has 122 valence electrons. The predicted molar refractivity (Wildman–Crippen MR) is 88.8 cm³/mol. The number of hydrogen-bond donors (Lipinski definition) is 1. The second-order valence-electron chi connectivity index (χ2n) is 5.28. The van der Waals surface area contributed by atoms with Gasteiger partial charge in [-0.15, -0.1) is 0 Å². The molecule has 0 saturated carbocycles. The maximum atomic E-state index is 14.2. The first-order valence-corrected chi connectivity index (χ1v) is 7.38. The van der Waals surface area contributed by atoms with E-state index >= 15 is 0 Å². The van der Waals surface area contributed by atoms with Crippen molar-refractivity contribution < 1.29 is 13.9 Å². The fraction of sp³-hybridized carbons (Fsp3) is 0.111. The van der Waals surface area contributed by atoms with Gasteiger partial charge in [0, 0.05) is 7.05 Å². The molecule has 0 aliphatic carbocycles. The Bertz CT molecular complexity index is 875. The summed E-state index contributed by atoms with van der Waals surface area (Å²) in [6.07, 6.45) is 0. The van der Waals surface area contributed by atoms with Crippen molar-refractivity contribution in [2.45, 2.75) is 6.92 Å². The van der Waals surface area contributed by atoms with E-state index in [1.54, 1.807) is 38.2 Å². The highest BCUT2D eigenvalue weighted by Crippen LogP contribution is 2.32. The first-order valence-electron chi connectivity index (χ1n) is 7.38. The summed E-state index contributed by atoms with van der Waals surface area (Å²) in [4.78, 5) is 12.4. The van der Waals surface area contributed by atoms with E-state index in [2.05, 4.69) is 10.4 Å². The zero-order valence-corrected chi connectivity index (χ0v) is 13.3. The number of hydrogen-bond acceptors (Lipinski definition) is 3. The average molecular weight is 325 g/mol. The Labute approximate surface area is 138 Å². The summed E-state index contributed by atoms with van der Waals surface area (Å²) in [5.74, 6) is -0.250. The highest BCUT2D eigenvalue weighted by molar-refractivity contribution is 6.04. The van der Waals surface area contributed by atoms with Gasteiger partial charge in [0.2, 0.25) is 0 Å². The van der Waals surface area contributed by atoms with Gasteiger partial charge in [0.05, 0.1) is 5.69 Å². The van der Waals surface area contributed by atoms with Crippen molar-refractivity contribution in [3.63, 3.8) is 0 Å². The number of aromatic nitrogens is 2. The van der Waals surface area contributed by atoms with Gasteiger partial charge >= 0.3 is 0 Å². The van der Waals surface area contributed by atoms with E-state index in [4.69, 9.17) is 4.74 Å². The molecule has 1 amide bonds. The fourth-order valence-electron chi connectivity index (χ4n) is 2.33. The third-order valence-corrected chi connectivity index (χ3v) is 3.42. The number of benzene rings is 2. The summed E-state index contributed by atoms with van der Waals surface area (Å²) < 4.78 is 21.4. The van der Waals surface area contributed by atoms with E-state index in [-0.39, 0.29) is 11.4 Å². The van der Waals surface area contributed by atoms with Crippen molar-refractivity contribution in [1.29, 1.82) is 0 Å². The van der Waals surface area contributed by atoms with E-state index in [1.165, 1.54) is 16.8 Å². The highest BCUT2D eigenvalue weighted by atomic mass is 19.1. The summed E-state index contributed by atoms with van der Waals surface area (Å²) in [7, 11) is 1.66. The van der Waals surface area contributed by atoms with E-state index in [0.717, 1.165) is 0 Å². The molecule has 1 heterocycles. The molecule has 3 rings (SSSR count). The van der Waals surface area contributed by atoms with Crippen molar-refractivity contribution in [2.24, 2.45) is 7.05 Å². The van der Waals surface area contributed by atoms with Crippen LogP contribution in [0.1, 0.15) is 16.2 Å². The summed E-state index contributed by atoms with van der Waals surface area (Å²) in [5.41, 5.74) is 1.03. The van der Waals surface area contributed by atoms with Gasteiger partial charge in [0.15, 0.2) is 11.6 Å². The van der Waals surface area contributed by atoms with Crippen LogP contribution in [-0.2, 0) is 7.05 Å². The van der Waals surface area contributed by atoms with Gasteiger partial charge in [-0.1, -0.05) is 24.3 Å². The lowest BCUT2D eigenvalue weighted by molar-refractivity contribution is 0.101. The number of carbonyl (C=O) groups excluding carboxylic acids is 1. The van der Waals surface area contributed by atoms with Crippen molar-refractivity contribution in [1.82, 2.24) is 9.78 Å². The van der Waals surface area contributed by atoms with Crippen LogP contribution in [0, 0.1) is 12.7 Å². The van der Waals surface area contributed by atoms with Crippen LogP contribution in [0.2, 0.25) is 0 Å². The van der Waals surface area contributed by atoms with E-state index < -0.39 is 11.7 Å². The number of nitrogens with one attached hydrogen (secondary N) is 1. The van der Waals surface area contributed by atoms with Gasteiger partial charge in [-0.05, 0) is 37.3 Å². The summed E-state index contributed by atoms with van der Waals surface area (Å²) in [6, 6.07) is 15.0. The standard InChI is InChI=1S/C18H16FN3O2/c1-12-11-15(22(2)21-12)18(23)20-17-14(19)9-6-10-16(17)24-13-7-4-3-5-8-13/h3-11H,1-2H3,(H,20,23). The molecule has 0 radical (unpaired) electrons. The first kappa shape index (κ1) is 15.7. The van der Waals surface area contributed by atoms with E-state index in [9.17, 15) is 9.18 Å². The molecule has 24 heavy (non-hydrogen) atoms. The molecule has 2 aromatic carbocycles. The zero-order valence-electron chi connectivity index (χ0n) is 13.3. The van der Waals surface area contributed by atoms with Crippen molar-refractivity contribution in [3.8, 4) is 11.5 Å². The summed E-state index contributed by atoms with van der Waals surface area (Å²) >= 11 is 0. The Morgan fingerprint density at radius 1 is 1.17 bits per heavy atom. The smallest absolute Gasteiger partial charge is 0.274 e. The molecule has 0 aliphatic heterocycles. The molecule has 0 bridgehead atoms. The number of aryl methyl sites for hydroxylation is 2. The number of carbonyl (C=O) groups is 1. The largest absolute Gasteiger partial charge is 0.455 e. The summed E-state index contributed by atoms with van der Waals surface area (Å²) in [6.45, 7) is 1.78. The predicted octanol–water partition coefficient (Wildman–Crippen LogP) is 3.91. The number of ether oxygens (including phenoxy) is 1. The minimum Gasteiger partial charge on any atom is -0.455 e. The number of nitrogens with zero attached hydrogens (tertiary/aromatic N) is 2. The monoisotopic (exact) mass is 325 g/mol. The van der Waals surface area contributed by atoms with Gasteiger partial charge in [-0.2, -0.15) is 5.10 Å². The molecule has 1 aromatic heterocycles. The minimum atomic E-state index is -0.573. The lowest BCUT2D eigenvalue weighted by Crippen LogP contribution is -2.17. The Balaban J connectivity index is 1.90. The molecule has 1 N–H and O–H groups in total. The van der Waals surface area contributed by atoms with E-state index in [0.29, 0.717) is 17.1 Å². The molecule has 3 aromatic rings. The van der Waals surface area contributed by atoms with E-state index in [1.807, 2.05) is 18.2 Å². The Morgan fingerprint density at radius 2 is 1.92 bits per heavy atom. The number of para-hydroxylation sites is 2. The van der Waals surface area contributed by atoms with Crippen molar-refractivity contribution in [3.05, 3.63) is 71.8 Å². The van der Waals surface area contributed by atoms with Gasteiger partial charge in [-0.25, -0.2) is 4.39 Å². The van der Waals surface area contributed by atoms with Crippen LogP contribution in [0.5, 0.6) is 11.5 Å². The van der Waals surface area contributed by atoms with Gasteiger partial charge in [0.25, 0.3) is 5.91 Å². The SMILES string of the molecule is Cc1cc(C(=O)Nc2c(F)cccc2Oc2ccccc2)n(C)n1. The van der Waals surface area contributed by atoms with Crippen molar-refractivity contribution in [2.75, 3.05) is 5.32 Å². The molecule has 0 spiro atoms. The van der Waals surface area contributed by atoms with Crippen molar-refractivity contribution >= 4 is 11.6 Å². The fourth-order valence-corrected chi connectivity index (χ4v) is 2.33. The van der Waals surface area contributed by atoms with Crippen LogP contribution in [0.25, 0.3) is 0 Å². The van der Waals surface area contributed by atoms with Crippen LogP contribution in [0.4, 0.5) is 10.1 Å². The van der Waals surface area contributed by atoms with Crippen LogP contribution >= 0.6 is 0 Å². The maximum Gasteiger partial charge on any atom is 0.274 e. The zero-order chi connectivity index (χ0) is 17.1. The Kier molecular flexibility index (Phi) is 4.29. The van der Waals surface area contributed by atoms with Crippen LogP contribution in [0.3, 0.4) is 0 Å². The molecule has 0 saturated heterocycles. The second-order valence-corrected chi connectivity index (χ2v) is 5.28. The molecule has 0 atom stereocenters. The number of anilines is 1. The van der Waals surface area contributed by atoms with Gasteiger partial charge in [-0.3, -0.25) is 9.48 Å². The number of amides is 1. The molecule has 0 aliphatic rings. The third-order valence-electron chi connectivity index (χ3n) is 3.42. The molecule has 0 fully saturated rings. The van der Waals surface area contributed by atoms with Gasteiger partial charge in [0.1, 0.15) is 17.1 Å². The molecule has 5 nitrogen and oxygen atoms in total. The number of halogens is 1. The quantitative estimate of drug-likeness (QED) is 0.791. The maximum absolute atomic E-state index is 14.2. The topological polar surface area (TPSA) is 56.1 Å². The first-order chi connectivity index (χ1) is 11.5. The Hall–Kier alpha value is -3.15. The van der Waals surface area contributed by atoms with Crippen LogP contribution < -0.4 is 10.1 Å². The van der Waals surface area contributed by atoms with Crippen LogP contribution in [0.15, 0.2) is 54.6 Å². The lowest BCUT2D eigenvalue weighted by atomic mass is 10.2. The number of rotatable bonds is 4. The molecule has 0 unspecified atom stereocenters. The average Bonchev–Trinajstić information content (AvgIpc) is 2.90. The normalized spacial score (nSPS) is 10.5.